The number of hydrogen-bond donors (Lipinski definition) is 1. The van der Waals surface area contributed by atoms with Crippen molar-refractivity contribution in [2.45, 2.75) is 39.5 Å². The third-order valence-electron chi connectivity index (χ3n) is 2.30. The summed E-state index contributed by atoms with van der Waals surface area (Å²) in [6, 6.07) is 0. The van der Waals surface area contributed by atoms with Crippen LogP contribution in [0.3, 0.4) is 0 Å². The highest BCUT2D eigenvalue weighted by atomic mass is 16.3. The van der Waals surface area contributed by atoms with Gasteiger partial charge in [-0.3, -0.25) is 4.79 Å². The Balaban J connectivity index is 0.000000292. The van der Waals surface area contributed by atoms with Crippen molar-refractivity contribution in [2.24, 2.45) is 11.8 Å². The van der Waals surface area contributed by atoms with E-state index < -0.39 is 0 Å². The van der Waals surface area contributed by atoms with Crippen LogP contribution in [-0.4, -0.2) is 11.6 Å². The van der Waals surface area contributed by atoms with E-state index in [1.165, 1.54) is 25.7 Å². The van der Waals surface area contributed by atoms with Gasteiger partial charge in [-0.1, -0.05) is 39.5 Å². The maximum atomic E-state index is 8.36. The molecule has 2 nitrogen and oxygen atoms in total. The molecule has 0 aromatic rings. The summed E-state index contributed by atoms with van der Waals surface area (Å²) in [4.78, 5) is 8.36. The molecule has 0 atom stereocenters. The van der Waals surface area contributed by atoms with Crippen molar-refractivity contribution >= 4 is 6.47 Å². The van der Waals surface area contributed by atoms with E-state index in [9.17, 15) is 0 Å². The van der Waals surface area contributed by atoms with Gasteiger partial charge in [-0.15, -0.1) is 0 Å². The second-order valence-electron chi connectivity index (χ2n) is 3.47. The largest absolute Gasteiger partial charge is 0.483 e. The molecule has 0 amide bonds. The van der Waals surface area contributed by atoms with Gasteiger partial charge in [-0.25, -0.2) is 0 Å². The number of hydrogen-bond acceptors (Lipinski definition) is 1. The molecule has 0 aromatic heterocycles. The lowest BCUT2D eigenvalue weighted by Crippen LogP contribution is -2.08. The predicted molar refractivity (Wildman–Crippen MR) is 45.5 cm³/mol. The van der Waals surface area contributed by atoms with Gasteiger partial charge in [-0.05, 0) is 11.8 Å². The van der Waals surface area contributed by atoms with E-state index in [1.54, 1.807) is 0 Å². The maximum absolute atomic E-state index is 8.36. The minimum atomic E-state index is -0.250. The lowest BCUT2D eigenvalue weighted by molar-refractivity contribution is -0.122. The Morgan fingerprint density at radius 2 is 1.27 bits per heavy atom. The highest BCUT2D eigenvalue weighted by Gasteiger charge is 2.13. The van der Waals surface area contributed by atoms with E-state index in [4.69, 9.17) is 9.90 Å². The Labute approximate surface area is 68.6 Å². The van der Waals surface area contributed by atoms with Crippen LogP contribution in [0.2, 0.25) is 0 Å². The molecule has 2 heteroatoms. The van der Waals surface area contributed by atoms with Gasteiger partial charge < -0.3 is 5.11 Å². The van der Waals surface area contributed by atoms with Crippen LogP contribution in [0.25, 0.3) is 0 Å². The van der Waals surface area contributed by atoms with E-state index in [0.717, 1.165) is 11.8 Å². The molecule has 0 aliphatic heterocycles. The average molecular weight is 158 g/mol. The van der Waals surface area contributed by atoms with Gasteiger partial charge in [0.1, 0.15) is 0 Å². The van der Waals surface area contributed by atoms with Crippen molar-refractivity contribution in [1.82, 2.24) is 0 Å². The molecule has 0 saturated heterocycles. The fourth-order valence-electron chi connectivity index (χ4n) is 1.43. The summed E-state index contributed by atoms with van der Waals surface area (Å²) >= 11 is 0. The topological polar surface area (TPSA) is 37.3 Å². The van der Waals surface area contributed by atoms with Crippen molar-refractivity contribution in [3.8, 4) is 0 Å². The van der Waals surface area contributed by atoms with Crippen LogP contribution in [0.15, 0.2) is 0 Å². The van der Waals surface area contributed by atoms with Crippen LogP contribution < -0.4 is 0 Å². The molecule has 0 aromatic carbocycles. The first-order valence-electron chi connectivity index (χ1n) is 4.28. The summed E-state index contributed by atoms with van der Waals surface area (Å²) in [6.45, 7) is 4.48. The third kappa shape index (κ3) is 5.89. The van der Waals surface area contributed by atoms with Crippen molar-refractivity contribution in [3.05, 3.63) is 0 Å². The summed E-state index contributed by atoms with van der Waals surface area (Å²) in [5.74, 6) is 2.04. The van der Waals surface area contributed by atoms with E-state index in [0.29, 0.717) is 0 Å². The molecule has 1 rings (SSSR count). The quantitative estimate of drug-likeness (QED) is 0.550. The zero-order chi connectivity index (χ0) is 8.69. The molecular formula is C9H18O2. The predicted octanol–water partition coefficient (Wildman–Crippen LogP) is 2.53. The molecule has 1 aliphatic rings. The Hall–Kier alpha value is -0.530. The highest BCUT2D eigenvalue weighted by Crippen LogP contribution is 2.27. The van der Waals surface area contributed by atoms with Gasteiger partial charge in [-0.2, -0.15) is 0 Å². The summed E-state index contributed by atoms with van der Waals surface area (Å²) in [5, 5.41) is 6.89. The molecule has 1 saturated carbocycles. The number of rotatable bonds is 0. The molecule has 1 aliphatic carbocycles. The summed E-state index contributed by atoms with van der Waals surface area (Å²) in [7, 11) is 0. The van der Waals surface area contributed by atoms with Crippen LogP contribution in [0.4, 0.5) is 0 Å². The monoisotopic (exact) mass is 158 g/mol. The molecule has 66 valence electrons. The molecule has 0 heterocycles. The Morgan fingerprint density at radius 1 is 1.09 bits per heavy atom. The zero-order valence-corrected chi connectivity index (χ0v) is 7.42. The maximum Gasteiger partial charge on any atom is 0.290 e. The highest BCUT2D eigenvalue weighted by molar-refractivity contribution is 5.32. The minimum absolute atomic E-state index is 0.250. The van der Waals surface area contributed by atoms with Crippen LogP contribution in [0.5, 0.6) is 0 Å². The molecule has 0 radical (unpaired) electrons. The minimum Gasteiger partial charge on any atom is -0.483 e. The average Bonchev–Trinajstić information content (AvgIpc) is 1.97. The van der Waals surface area contributed by atoms with Crippen LogP contribution >= 0.6 is 0 Å². The van der Waals surface area contributed by atoms with E-state index in [1.807, 2.05) is 0 Å². The van der Waals surface area contributed by atoms with E-state index in [2.05, 4.69) is 13.8 Å². The summed E-state index contributed by atoms with van der Waals surface area (Å²) < 4.78 is 0. The standard InChI is InChI=1S/C8H16.CH2O2/c1-7-3-5-8(2)6-4-7;2-1-3/h7-8H,3-6H2,1-2H3;1H,(H,2,3). The van der Waals surface area contributed by atoms with Gasteiger partial charge in [0, 0.05) is 0 Å². The summed E-state index contributed by atoms with van der Waals surface area (Å²) in [5.41, 5.74) is 0. The molecule has 0 spiro atoms. The van der Waals surface area contributed by atoms with Crippen molar-refractivity contribution in [2.75, 3.05) is 0 Å². The molecular weight excluding hydrogens is 140 g/mol. The van der Waals surface area contributed by atoms with Gasteiger partial charge in [0.25, 0.3) is 6.47 Å². The van der Waals surface area contributed by atoms with Crippen LogP contribution in [-0.2, 0) is 4.79 Å². The second kappa shape index (κ2) is 6.20. The fourth-order valence-corrected chi connectivity index (χ4v) is 1.43. The van der Waals surface area contributed by atoms with E-state index in [-0.39, 0.29) is 6.47 Å². The molecule has 1 fully saturated rings. The van der Waals surface area contributed by atoms with Gasteiger partial charge >= 0.3 is 0 Å². The second-order valence-corrected chi connectivity index (χ2v) is 3.47. The Morgan fingerprint density at radius 3 is 1.45 bits per heavy atom. The van der Waals surface area contributed by atoms with Gasteiger partial charge in [0.2, 0.25) is 0 Å². The van der Waals surface area contributed by atoms with E-state index >= 15 is 0 Å². The fraction of sp³-hybridized carbons (Fsp3) is 0.889. The molecule has 0 unspecified atom stereocenters. The lowest BCUT2D eigenvalue weighted by Gasteiger charge is -2.22. The third-order valence-corrected chi connectivity index (χ3v) is 2.30. The summed E-state index contributed by atoms with van der Waals surface area (Å²) in [6.07, 6.45) is 5.89. The molecule has 11 heavy (non-hydrogen) atoms. The van der Waals surface area contributed by atoms with Gasteiger partial charge in [0.15, 0.2) is 0 Å². The normalized spacial score (nSPS) is 30.0. The smallest absolute Gasteiger partial charge is 0.290 e. The molecule has 1 N–H and O–H groups in total. The zero-order valence-electron chi connectivity index (χ0n) is 7.42. The molecule has 0 bridgehead atoms. The van der Waals surface area contributed by atoms with Crippen LogP contribution in [0, 0.1) is 11.8 Å². The first kappa shape index (κ1) is 10.5. The number of carboxylic acid groups (broad SMARTS) is 1. The SMILES string of the molecule is CC1CCC(C)CC1.O=CO. The lowest BCUT2D eigenvalue weighted by atomic mass is 9.84. The van der Waals surface area contributed by atoms with Crippen molar-refractivity contribution in [1.29, 1.82) is 0 Å². The first-order chi connectivity index (χ1) is 5.20. The van der Waals surface area contributed by atoms with Crippen LogP contribution in [0.1, 0.15) is 39.5 Å². The van der Waals surface area contributed by atoms with Gasteiger partial charge in [0.05, 0.1) is 0 Å². The van der Waals surface area contributed by atoms with Crippen molar-refractivity contribution < 1.29 is 9.90 Å². The number of carbonyl (C=O) groups is 1. The van der Waals surface area contributed by atoms with Crippen molar-refractivity contribution in [3.63, 3.8) is 0 Å². The Kier molecular flexibility index (Phi) is 5.90. The Bertz CT molecular complexity index is 83.7. The first-order valence-corrected chi connectivity index (χ1v) is 4.28.